The molecule has 0 aliphatic rings. The highest BCUT2D eigenvalue weighted by atomic mass is 16.5. The molecule has 0 saturated heterocycles. The first-order valence-corrected chi connectivity index (χ1v) is 36.9. The molecule has 0 heterocycles. The van der Waals surface area contributed by atoms with E-state index in [1.165, 1.54) is 321 Å². The molecule has 3 N–H and O–H groups in total. The molecule has 0 rings (SSSR count). The molecule has 0 aromatic heterocycles. The summed E-state index contributed by atoms with van der Waals surface area (Å²) in [4.78, 5) is 24.6. The van der Waals surface area contributed by atoms with Gasteiger partial charge in [-0.15, -0.1) is 0 Å². The van der Waals surface area contributed by atoms with Gasteiger partial charge in [-0.05, 0) is 83.5 Å². The number of aliphatic hydroxyl groups is 2. The number of nitrogens with one attached hydrogen (secondary N) is 1. The lowest BCUT2D eigenvalue weighted by molar-refractivity contribution is -0.143. The van der Waals surface area contributed by atoms with Crippen LogP contribution >= 0.6 is 0 Å². The molecule has 0 bridgehead atoms. The predicted octanol–water partition coefficient (Wildman–Crippen LogP) is 24.0. The SMILES string of the molecule is CCC/C=C\C/C=C\CCCCCCCC(=O)OCCCCCCCCCCCCCC/C=C\CCCCCCCCCCCCCCC(=O)NC(CO)C(O)/C=C/CCCCCCCCCCCCCCCCCCCCCCCC. The van der Waals surface area contributed by atoms with Gasteiger partial charge < -0.3 is 20.3 Å². The molecule has 0 aromatic rings. The number of unbranched alkanes of at least 4 members (excludes halogenated alkanes) is 52. The van der Waals surface area contributed by atoms with E-state index in [1.54, 1.807) is 6.08 Å². The predicted molar refractivity (Wildman–Crippen MR) is 361 cm³/mol. The third kappa shape index (κ3) is 67.0. The summed E-state index contributed by atoms with van der Waals surface area (Å²) in [6.45, 7) is 4.87. The first-order chi connectivity index (χ1) is 40.5. The van der Waals surface area contributed by atoms with Crippen molar-refractivity contribution in [2.24, 2.45) is 0 Å². The van der Waals surface area contributed by atoms with Crippen LogP contribution in [0.1, 0.15) is 399 Å². The zero-order chi connectivity index (χ0) is 59.2. The van der Waals surface area contributed by atoms with Crippen molar-refractivity contribution in [1.29, 1.82) is 0 Å². The van der Waals surface area contributed by atoms with E-state index in [0.29, 0.717) is 19.4 Å². The molecular formula is C76H143NO5. The Morgan fingerprint density at radius 1 is 0.341 bits per heavy atom. The second-order valence-corrected chi connectivity index (χ2v) is 25.3. The van der Waals surface area contributed by atoms with E-state index >= 15 is 0 Å². The van der Waals surface area contributed by atoms with Crippen molar-refractivity contribution in [1.82, 2.24) is 5.32 Å². The van der Waals surface area contributed by atoms with Crippen molar-refractivity contribution in [3.63, 3.8) is 0 Å². The Bertz CT molecular complexity index is 1370. The molecule has 2 atom stereocenters. The van der Waals surface area contributed by atoms with Gasteiger partial charge in [0.05, 0.1) is 25.4 Å². The van der Waals surface area contributed by atoms with Crippen LogP contribution < -0.4 is 5.32 Å². The average Bonchev–Trinajstić information content (AvgIpc) is 3.48. The van der Waals surface area contributed by atoms with Crippen molar-refractivity contribution < 1.29 is 24.5 Å². The third-order valence-corrected chi connectivity index (χ3v) is 17.0. The summed E-state index contributed by atoms with van der Waals surface area (Å²) in [7, 11) is 0. The molecule has 0 aromatic carbocycles. The number of hydrogen-bond acceptors (Lipinski definition) is 5. The van der Waals surface area contributed by atoms with Crippen molar-refractivity contribution in [2.45, 2.75) is 411 Å². The van der Waals surface area contributed by atoms with Crippen molar-refractivity contribution in [2.75, 3.05) is 13.2 Å². The van der Waals surface area contributed by atoms with Crippen LogP contribution in [-0.2, 0) is 14.3 Å². The lowest BCUT2D eigenvalue weighted by Gasteiger charge is -2.20. The zero-order valence-corrected chi connectivity index (χ0v) is 55.2. The molecule has 6 heteroatoms. The number of amides is 1. The fourth-order valence-corrected chi connectivity index (χ4v) is 11.4. The number of aliphatic hydroxyl groups excluding tert-OH is 2. The number of carbonyl (C=O) groups is 2. The summed E-state index contributed by atoms with van der Waals surface area (Å²) in [6.07, 6.45) is 93.5. The number of allylic oxidation sites excluding steroid dienone is 7. The van der Waals surface area contributed by atoms with E-state index in [9.17, 15) is 19.8 Å². The van der Waals surface area contributed by atoms with Crippen LogP contribution in [0.3, 0.4) is 0 Å². The molecule has 6 nitrogen and oxygen atoms in total. The summed E-state index contributed by atoms with van der Waals surface area (Å²) in [6, 6.07) is -0.630. The van der Waals surface area contributed by atoms with E-state index in [2.05, 4.69) is 55.6 Å². The number of carbonyl (C=O) groups excluding carboxylic acids is 2. The van der Waals surface area contributed by atoms with Crippen LogP contribution in [0, 0.1) is 0 Å². The minimum Gasteiger partial charge on any atom is -0.466 e. The monoisotopic (exact) mass is 1150 g/mol. The molecule has 0 fully saturated rings. The maximum Gasteiger partial charge on any atom is 0.305 e. The third-order valence-electron chi connectivity index (χ3n) is 17.0. The van der Waals surface area contributed by atoms with Crippen LogP contribution in [0.5, 0.6) is 0 Å². The summed E-state index contributed by atoms with van der Waals surface area (Å²) >= 11 is 0. The van der Waals surface area contributed by atoms with E-state index in [0.717, 1.165) is 51.4 Å². The zero-order valence-electron chi connectivity index (χ0n) is 55.2. The van der Waals surface area contributed by atoms with Crippen LogP contribution in [0.25, 0.3) is 0 Å². The van der Waals surface area contributed by atoms with Crippen LogP contribution in [0.15, 0.2) is 48.6 Å². The Balaban J connectivity index is 3.42. The van der Waals surface area contributed by atoms with Crippen molar-refractivity contribution >= 4 is 11.9 Å². The highest BCUT2D eigenvalue weighted by Crippen LogP contribution is 2.19. The first kappa shape index (κ1) is 79.8. The molecule has 0 spiro atoms. The summed E-state index contributed by atoms with van der Waals surface area (Å²) in [5, 5.41) is 23.3. The molecule has 82 heavy (non-hydrogen) atoms. The van der Waals surface area contributed by atoms with E-state index < -0.39 is 12.1 Å². The van der Waals surface area contributed by atoms with Gasteiger partial charge in [0.2, 0.25) is 5.91 Å². The van der Waals surface area contributed by atoms with E-state index in [4.69, 9.17) is 4.74 Å². The second-order valence-electron chi connectivity index (χ2n) is 25.3. The first-order valence-electron chi connectivity index (χ1n) is 36.9. The number of hydrogen-bond donors (Lipinski definition) is 3. The van der Waals surface area contributed by atoms with Gasteiger partial charge in [-0.1, -0.05) is 351 Å². The van der Waals surface area contributed by atoms with Gasteiger partial charge >= 0.3 is 5.97 Å². The van der Waals surface area contributed by atoms with E-state index in [1.807, 2.05) is 6.08 Å². The second kappa shape index (κ2) is 71.3. The molecular weight excluding hydrogens is 1010 g/mol. The Labute approximate surface area is 512 Å². The smallest absolute Gasteiger partial charge is 0.305 e. The normalized spacial score (nSPS) is 12.8. The summed E-state index contributed by atoms with van der Waals surface area (Å²) in [5.74, 6) is -0.0637. The summed E-state index contributed by atoms with van der Waals surface area (Å²) in [5.41, 5.74) is 0. The highest BCUT2D eigenvalue weighted by Gasteiger charge is 2.18. The molecule has 482 valence electrons. The Kier molecular flexibility index (Phi) is 69.4. The fraction of sp³-hybridized carbons (Fsp3) is 0.868. The van der Waals surface area contributed by atoms with Gasteiger partial charge in [-0.3, -0.25) is 9.59 Å². The summed E-state index contributed by atoms with van der Waals surface area (Å²) < 4.78 is 5.48. The molecule has 1 amide bonds. The molecule has 0 aliphatic carbocycles. The Hall–Kier alpha value is -2.18. The van der Waals surface area contributed by atoms with Crippen molar-refractivity contribution in [3.05, 3.63) is 48.6 Å². The van der Waals surface area contributed by atoms with Crippen LogP contribution in [0.2, 0.25) is 0 Å². The van der Waals surface area contributed by atoms with Gasteiger partial charge in [0.15, 0.2) is 0 Å². The minimum absolute atomic E-state index is 0.000306. The topological polar surface area (TPSA) is 95.9 Å². The van der Waals surface area contributed by atoms with Gasteiger partial charge in [-0.25, -0.2) is 0 Å². The van der Waals surface area contributed by atoms with Crippen molar-refractivity contribution in [3.8, 4) is 0 Å². The minimum atomic E-state index is -0.847. The average molecular weight is 1150 g/mol. The Morgan fingerprint density at radius 3 is 0.988 bits per heavy atom. The molecule has 0 radical (unpaired) electrons. The van der Waals surface area contributed by atoms with Gasteiger partial charge in [0, 0.05) is 12.8 Å². The van der Waals surface area contributed by atoms with Crippen LogP contribution in [0.4, 0.5) is 0 Å². The van der Waals surface area contributed by atoms with Gasteiger partial charge in [0.1, 0.15) is 0 Å². The standard InChI is InChI=1S/C76H143NO5/c1-3-5-7-9-11-13-15-17-18-19-20-21-22-29-32-35-38-41-45-48-52-56-60-64-68-74(79)73(72-78)77-75(80)69-65-61-57-53-49-46-42-39-36-33-30-27-25-23-24-26-28-31-34-37-40-43-47-51-55-59-63-67-71-82-76(81)70-66-62-58-54-50-44-16-14-12-10-8-6-4-2/h8,10,14,16,23-24,64,68,73-74,78-79H,3-7,9,11-13,15,17-22,25-63,65-67,69-72H2,1-2H3,(H,77,80)/b10-8-,16-14-,24-23-,68-64+. The maximum atomic E-state index is 12.5. The van der Waals surface area contributed by atoms with Crippen LogP contribution in [-0.4, -0.2) is 47.4 Å². The molecule has 2 unspecified atom stereocenters. The largest absolute Gasteiger partial charge is 0.466 e. The molecule has 0 aliphatic heterocycles. The highest BCUT2D eigenvalue weighted by molar-refractivity contribution is 5.76. The Morgan fingerprint density at radius 2 is 0.634 bits per heavy atom. The number of ether oxygens (including phenoxy) is 1. The fourth-order valence-electron chi connectivity index (χ4n) is 11.4. The number of rotatable bonds is 69. The van der Waals surface area contributed by atoms with E-state index in [-0.39, 0.29) is 18.5 Å². The number of esters is 1. The quantitative estimate of drug-likeness (QED) is 0.0320. The van der Waals surface area contributed by atoms with Gasteiger partial charge in [-0.2, -0.15) is 0 Å². The molecule has 0 saturated carbocycles. The lowest BCUT2D eigenvalue weighted by atomic mass is 10.0. The lowest BCUT2D eigenvalue weighted by Crippen LogP contribution is -2.45. The van der Waals surface area contributed by atoms with Gasteiger partial charge in [0.25, 0.3) is 0 Å². The maximum absolute atomic E-state index is 12.5.